The Hall–Kier alpha value is -1.89. The van der Waals surface area contributed by atoms with E-state index >= 15 is 0 Å². The molecular weight excluding hydrogens is 157 g/mol. The van der Waals surface area contributed by atoms with E-state index in [9.17, 15) is 4.39 Å². The molecule has 0 aliphatic rings. The molecule has 0 aliphatic heterocycles. The van der Waals surface area contributed by atoms with E-state index in [1.165, 1.54) is 12.3 Å². The third kappa shape index (κ3) is 0.839. The number of hydrogen-bond acceptors (Lipinski definition) is 2. The molecule has 0 spiro atoms. The van der Waals surface area contributed by atoms with Crippen molar-refractivity contribution in [3.05, 3.63) is 29.8 Å². The minimum atomic E-state index is -0.408. The number of nitrogens with zero attached hydrogens (tertiary/aromatic N) is 2. The average molecular weight is 161 g/mol. The molecule has 0 saturated carbocycles. The van der Waals surface area contributed by atoms with Crippen LogP contribution in [0.5, 0.6) is 0 Å². The lowest BCUT2D eigenvalue weighted by molar-refractivity contribution is 0.624. The summed E-state index contributed by atoms with van der Waals surface area (Å²) >= 11 is 0. The van der Waals surface area contributed by atoms with Crippen LogP contribution in [0.1, 0.15) is 5.56 Å². The third-order valence-corrected chi connectivity index (χ3v) is 1.60. The Balaban J connectivity index is 2.84. The van der Waals surface area contributed by atoms with Gasteiger partial charge in [0.2, 0.25) is 0 Å². The Morgan fingerprint density at radius 2 is 2.42 bits per heavy atom. The van der Waals surface area contributed by atoms with Gasteiger partial charge in [-0.25, -0.2) is 4.39 Å². The fourth-order valence-electron chi connectivity index (χ4n) is 1.07. The molecule has 0 aromatic carbocycles. The predicted molar refractivity (Wildman–Crippen MR) is 40.8 cm³/mol. The third-order valence-electron chi connectivity index (χ3n) is 1.60. The maximum absolute atomic E-state index is 12.6. The molecule has 12 heavy (non-hydrogen) atoms. The maximum Gasteiger partial charge on any atom is 0.143 e. The number of aromatic nitrogens is 2. The van der Waals surface area contributed by atoms with Crippen LogP contribution in [0, 0.1) is 17.1 Å². The smallest absolute Gasteiger partial charge is 0.143 e. The first-order valence-electron chi connectivity index (χ1n) is 3.34. The van der Waals surface area contributed by atoms with Gasteiger partial charge in [-0.05, 0) is 0 Å². The van der Waals surface area contributed by atoms with Crippen molar-refractivity contribution in [3.8, 4) is 6.07 Å². The number of H-pyrrole nitrogens is 1. The van der Waals surface area contributed by atoms with Crippen LogP contribution in [-0.2, 0) is 0 Å². The fraction of sp³-hybridized carbons (Fsp3) is 0. The van der Waals surface area contributed by atoms with Gasteiger partial charge in [-0.3, -0.25) is 4.98 Å². The number of aromatic amines is 1. The Morgan fingerprint density at radius 1 is 1.58 bits per heavy atom. The van der Waals surface area contributed by atoms with Crippen molar-refractivity contribution in [3.63, 3.8) is 0 Å². The second kappa shape index (κ2) is 2.31. The Bertz CT molecular complexity index is 467. The molecule has 2 rings (SSSR count). The highest BCUT2D eigenvalue weighted by molar-refractivity contribution is 5.81. The summed E-state index contributed by atoms with van der Waals surface area (Å²) < 4.78 is 12.6. The van der Waals surface area contributed by atoms with Gasteiger partial charge >= 0.3 is 0 Å². The highest BCUT2D eigenvalue weighted by Crippen LogP contribution is 2.14. The Kier molecular flexibility index (Phi) is 1.31. The van der Waals surface area contributed by atoms with E-state index in [0.29, 0.717) is 16.6 Å². The lowest BCUT2D eigenvalue weighted by Gasteiger charge is -1.88. The molecule has 2 aromatic rings. The second-order valence-corrected chi connectivity index (χ2v) is 2.36. The zero-order chi connectivity index (χ0) is 8.55. The first-order chi connectivity index (χ1) is 5.81. The molecule has 0 radical (unpaired) electrons. The standard InChI is InChI=1S/C8H4FN3/c9-6-1-7-8(12-4-6)5(2-10)3-11-7/h1,3-4,11H. The summed E-state index contributed by atoms with van der Waals surface area (Å²) in [4.78, 5) is 6.54. The van der Waals surface area contributed by atoms with E-state index in [1.807, 2.05) is 6.07 Å². The molecule has 0 saturated heterocycles. The molecule has 58 valence electrons. The van der Waals surface area contributed by atoms with Gasteiger partial charge in [0.1, 0.15) is 17.4 Å². The van der Waals surface area contributed by atoms with Crippen molar-refractivity contribution in [2.24, 2.45) is 0 Å². The van der Waals surface area contributed by atoms with Crippen molar-refractivity contribution < 1.29 is 4.39 Å². The summed E-state index contributed by atoms with van der Waals surface area (Å²) in [6.45, 7) is 0. The minimum absolute atomic E-state index is 0.408. The molecule has 2 heterocycles. The zero-order valence-corrected chi connectivity index (χ0v) is 6.00. The number of rotatable bonds is 0. The number of fused-ring (bicyclic) bond motifs is 1. The van der Waals surface area contributed by atoms with Gasteiger partial charge in [-0.15, -0.1) is 0 Å². The van der Waals surface area contributed by atoms with Gasteiger partial charge in [0.25, 0.3) is 0 Å². The van der Waals surface area contributed by atoms with Crippen LogP contribution in [0.3, 0.4) is 0 Å². The van der Waals surface area contributed by atoms with Crippen LogP contribution in [-0.4, -0.2) is 9.97 Å². The number of nitrogens with one attached hydrogen (secondary N) is 1. The molecule has 1 N–H and O–H groups in total. The molecule has 0 aliphatic carbocycles. The molecule has 0 fully saturated rings. The van der Waals surface area contributed by atoms with E-state index in [4.69, 9.17) is 5.26 Å². The zero-order valence-electron chi connectivity index (χ0n) is 6.00. The van der Waals surface area contributed by atoms with E-state index < -0.39 is 5.82 Å². The number of nitriles is 1. The van der Waals surface area contributed by atoms with Gasteiger partial charge in [-0.1, -0.05) is 0 Å². The second-order valence-electron chi connectivity index (χ2n) is 2.36. The topological polar surface area (TPSA) is 52.5 Å². The van der Waals surface area contributed by atoms with Gasteiger partial charge in [0.05, 0.1) is 17.3 Å². The SMILES string of the molecule is N#Cc1c[nH]c2cc(F)cnc12. The van der Waals surface area contributed by atoms with Gasteiger partial charge in [0, 0.05) is 12.3 Å². The summed E-state index contributed by atoms with van der Waals surface area (Å²) in [6, 6.07) is 3.26. The summed E-state index contributed by atoms with van der Waals surface area (Å²) in [5.41, 5.74) is 1.50. The van der Waals surface area contributed by atoms with Crippen LogP contribution in [0.25, 0.3) is 11.0 Å². The van der Waals surface area contributed by atoms with Gasteiger partial charge in [-0.2, -0.15) is 5.26 Å². The molecular formula is C8H4FN3. The van der Waals surface area contributed by atoms with Crippen molar-refractivity contribution in [1.82, 2.24) is 9.97 Å². The normalized spacial score (nSPS) is 10.0. The van der Waals surface area contributed by atoms with Crippen LogP contribution in [0.4, 0.5) is 4.39 Å². The summed E-state index contributed by atoms with van der Waals surface area (Å²) in [5, 5.41) is 8.59. The van der Waals surface area contributed by atoms with Crippen molar-refractivity contribution in [2.75, 3.05) is 0 Å². The van der Waals surface area contributed by atoms with E-state index in [1.54, 1.807) is 0 Å². The van der Waals surface area contributed by atoms with E-state index in [2.05, 4.69) is 9.97 Å². The van der Waals surface area contributed by atoms with E-state index in [0.717, 1.165) is 6.20 Å². The first-order valence-corrected chi connectivity index (χ1v) is 3.34. The lowest BCUT2D eigenvalue weighted by atomic mass is 10.3. The highest BCUT2D eigenvalue weighted by Gasteiger charge is 2.03. The van der Waals surface area contributed by atoms with Gasteiger partial charge in [0.15, 0.2) is 0 Å². The fourth-order valence-corrected chi connectivity index (χ4v) is 1.07. The predicted octanol–water partition coefficient (Wildman–Crippen LogP) is 1.57. The molecule has 0 atom stereocenters. The summed E-state index contributed by atoms with van der Waals surface area (Å²) in [5.74, 6) is -0.408. The Morgan fingerprint density at radius 3 is 3.17 bits per heavy atom. The van der Waals surface area contributed by atoms with Crippen LogP contribution in [0.15, 0.2) is 18.5 Å². The van der Waals surface area contributed by atoms with Crippen molar-refractivity contribution in [2.45, 2.75) is 0 Å². The number of hydrogen-bond donors (Lipinski definition) is 1. The largest absolute Gasteiger partial charge is 0.358 e. The Labute approximate surface area is 67.5 Å². The highest BCUT2D eigenvalue weighted by atomic mass is 19.1. The average Bonchev–Trinajstić information content (AvgIpc) is 2.46. The summed E-state index contributed by atoms with van der Waals surface area (Å²) in [6.07, 6.45) is 2.61. The molecule has 0 bridgehead atoms. The molecule has 0 unspecified atom stereocenters. The number of halogens is 1. The molecule has 2 aromatic heterocycles. The monoisotopic (exact) mass is 161 g/mol. The van der Waals surface area contributed by atoms with Crippen molar-refractivity contribution >= 4 is 11.0 Å². The minimum Gasteiger partial charge on any atom is -0.358 e. The molecule has 0 amide bonds. The first kappa shape index (κ1) is 6.80. The quantitative estimate of drug-likeness (QED) is 0.637. The van der Waals surface area contributed by atoms with E-state index in [-0.39, 0.29) is 0 Å². The van der Waals surface area contributed by atoms with Crippen LogP contribution in [0.2, 0.25) is 0 Å². The molecule has 3 nitrogen and oxygen atoms in total. The van der Waals surface area contributed by atoms with Crippen LogP contribution < -0.4 is 0 Å². The molecule has 4 heteroatoms. The lowest BCUT2D eigenvalue weighted by Crippen LogP contribution is -1.79. The van der Waals surface area contributed by atoms with Gasteiger partial charge < -0.3 is 4.98 Å². The van der Waals surface area contributed by atoms with Crippen LogP contribution >= 0.6 is 0 Å². The maximum atomic E-state index is 12.6. The number of pyridine rings is 1. The summed E-state index contributed by atoms with van der Waals surface area (Å²) in [7, 11) is 0. The van der Waals surface area contributed by atoms with Crippen molar-refractivity contribution in [1.29, 1.82) is 5.26 Å².